The van der Waals surface area contributed by atoms with E-state index in [1.807, 2.05) is 57.1 Å². The van der Waals surface area contributed by atoms with Gasteiger partial charge in [0.15, 0.2) is 0 Å². The number of amides is 1. The van der Waals surface area contributed by atoms with E-state index >= 15 is 0 Å². The second kappa shape index (κ2) is 10.2. The molecule has 0 spiro atoms. The molecule has 0 radical (unpaired) electrons. The molecule has 1 aliphatic heterocycles. The van der Waals surface area contributed by atoms with Crippen molar-refractivity contribution in [3.05, 3.63) is 89.5 Å². The number of benzene rings is 3. The third-order valence-corrected chi connectivity index (χ3v) is 6.02. The summed E-state index contributed by atoms with van der Waals surface area (Å²) >= 11 is 0. The summed E-state index contributed by atoms with van der Waals surface area (Å²) in [5, 5.41) is 11.3. The van der Waals surface area contributed by atoms with Crippen LogP contribution in [0.3, 0.4) is 0 Å². The van der Waals surface area contributed by atoms with Crippen LogP contribution in [0.25, 0.3) is 5.76 Å². The van der Waals surface area contributed by atoms with E-state index in [9.17, 15) is 14.7 Å². The van der Waals surface area contributed by atoms with Crippen LogP contribution in [0.15, 0.2) is 78.4 Å². The smallest absolute Gasteiger partial charge is 0.300 e. The van der Waals surface area contributed by atoms with Crippen molar-refractivity contribution in [2.75, 3.05) is 31.0 Å². The third-order valence-electron chi connectivity index (χ3n) is 6.02. The molecule has 1 fully saturated rings. The van der Waals surface area contributed by atoms with Crippen molar-refractivity contribution in [2.45, 2.75) is 26.0 Å². The molecule has 1 saturated heterocycles. The monoisotopic (exact) mass is 486 g/mol. The highest BCUT2D eigenvalue weighted by Gasteiger charge is 2.47. The van der Waals surface area contributed by atoms with E-state index in [2.05, 4.69) is 0 Å². The Kier molecular flexibility index (Phi) is 7.01. The molecule has 1 amide bonds. The highest BCUT2D eigenvalue weighted by atomic mass is 16.5. The molecule has 3 aromatic rings. The van der Waals surface area contributed by atoms with Gasteiger partial charge < -0.3 is 19.5 Å². The normalized spacial score (nSPS) is 16.9. The summed E-state index contributed by atoms with van der Waals surface area (Å²) in [7, 11) is 5.41. The Bertz CT molecular complexity index is 1280. The largest absolute Gasteiger partial charge is 0.507 e. The summed E-state index contributed by atoms with van der Waals surface area (Å²) in [4.78, 5) is 30.1. The summed E-state index contributed by atoms with van der Waals surface area (Å²) in [6.45, 7) is 3.88. The van der Waals surface area contributed by atoms with E-state index in [-0.39, 0.29) is 17.4 Å². The van der Waals surface area contributed by atoms with Crippen LogP contribution in [0.4, 0.5) is 11.4 Å². The number of aliphatic hydroxyl groups excluding tert-OH is 1. The van der Waals surface area contributed by atoms with Gasteiger partial charge in [0.05, 0.1) is 24.8 Å². The van der Waals surface area contributed by atoms with Crippen LogP contribution in [0, 0.1) is 0 Å². The maximum Gasteiger partial charge on any atom is 0.300 e. The molecule has 1 atom stereocenters. The summed E-state index contributed by atoms with van der Waals surface area (Å²) in [5.74, 6) is -0.389. The standard InChI is InChI=1S/C29H30N2O5/c1-18(2)36-24-16-6-19(7-17-24)26-25(27(32)20-8-14-23(35-5)15-9-20)28(33)29(34)31(26)22-12-10-21(11-13-22)30(3)4/h6-18,26,32H,1-5H3/b27-25+. The molecule has 0 bridgehead atoms. The molecule has 1 N–H and O–H groups in total. The number of hydrogen-bond acceptors (Lipinski definition) is 6. The average Bonchev–Trinajstić information content (AvgIpc) is 3.14. The zero-order valence-corrected chi connectivity index (χ0v) is 21.1. The lowest BCUT2D eigenvalue weighted by Crippen LogP contribution is -2.29. The Morgan fingerprint density at radius 2 is 1.47 bits per heavy atom. The van der Waals surface area contributed by atoms with Crippen molar-refractivity contribution in [3.8, 4) is 11.5 Å². The number of ether oxygens (including phenoxy) is 2. The number of rotatable bonds is 7. The van der Waals surface area contributed by atoms with Gasteiger partial charge in [-0.25, -0.2) is 0 Å². The number of carbonyl (C=O) groups excluding carboxylic acids is 2. The number of anilines is 2. The molecule has 0 aromatic heterocycles. The van der Waals surface area contributed by atoms with Gasteiger partial charge in [0.1, 0.15) is 17.3 Å². The molecule has 36 heavy (non-hydrogen) atoms. The van der Waals surface area contributed by atoms with E-state index in [1.54, 1.807) is 55.6 Å². The van der Waals surface area contributed by atoms with Crippen molar-refractivity contribution in [2.24, 2.45) is 0 Å². The molecule has 7 nitrogen and oxygen atoms in total. The van der Waals surface area contributed by atoms with Gasteiger partial charge in [0.2, 0.25) is 0 Å². The van der Waals surface area contributed by atoms with Gasteiger partial charge in [-0.2, -0.15) is 0 Å². The van der Waals surface area contributed by atoms with Crippen LogP contribution < -0.4 is 19.3 Å². The van der Waals surface area contributed by atoms with E-state index < -0.39 is 17.7 Å². The predicted molar refractivity (Wildman–Crippen MR) is 141 cm³/mol. The molecule has 0 aliphatic carbocycles. The first-order valence-electron chi connectivity index (χ1n) is 11.7. The molecule has 186 valence electrons. The number of aliphatic hydroxyl groups is 1. The van der Waals surface area contributed by atoms with Gasteiger partial charge in [-0.15, -0.1) is 0 Å². The fourth-order valence-corrected chi connectivity index (χ4v) is 4.23. The molecular formula is C29H30N2O5. The lowest BCUT2D eigenvalue weighted by atomic mass is 9.95. The Balaban J connectivity index is 1.85. The van der Waals surface area contributed by atoms with Gasteiger partial charge in [-0.05, 0) is 80.1 Å². The lowest BCUT2D eigenvalue weighted by molar-refractivity contribution is -0.132. The lowest BCUT2D eigenvalue weighted by Gasteiger charge is -2.26. The Hall–Kier alpha value is -4.26. The molecule has 7 heteroatoms. The number of carbonyl (C=O) groups is 2. The summed E-state index contributed by atoms with van der Waals surface area (Å²) in [5.41, 5.74) is 2.64. The molecule has 4 rings (SSSR count). The quantitative estimate of drug-likeness (QED) is 0.282. The average molecular weight is 487 g/mol. The van der Waals surface area contributed by atoms with Crippen molar-refractivity contribution in [1.29, 1.82) is 0 Å². The van der Waals surface area contributed by atoms with E-state index in [4.69, 9.17) is 9.47 Å². The van der Waals surface area contributed by atoms with Crippen molar-refractivity contribution >= 4 is 28.8 Å². The van der Waals surface area contributed by atoms with Gasteiger partial charge in [0.25, 0.3) is 11.7 Å². The minimum absolute atomic E-state index is 0.00627. The van der Waals surface area contributed by atoms with Crippen LogP contribution in [-0.2, 0) is 9.59 Å². The SMILES string of the molecule is COc1ccc(/C(O)=C2\C(=O)C(=O)N(c3ccc(N(C)C)cc3)C2c2ccc(OC(C)C)cc2)cc1. The van der Waals surface area contributed by atoms with Crippen molar-refractivity contribution < 1.29 is 24.2 Å². The van der Waals surface area contributed by atoms with Gasteiger partial charge in [-0.1, -0.05) is 12.1 Å². The van der Waals surface area contributed by atoms with E-state index in [1.165, 1.54) is 4.90 Å². The van der Waals surface area contributed by atoms with Crippen LogP contribution in [0.5, 0.6) is 11.5 Å². The summed E-state index contributed by atoms with van der Waals surface area (Å²) in [6, 6.07) is 20.5. The number of nitrogens with zero attached hydrogens (tertiary/aromatic N) is 2. The first-order valence-corrected chi connectivity index (χ1v) is 11.7. The van der Waals surface area contributed by atoms with Crippen molar-refractivity contribution in [1.82, 2.24) is 0 Å². The minimum atomic E-state index is -0.814. The van der Waals surface area contributed by atoms with Gasteiger partial charge in [0, 0.05) is 31.0 Å². The van der Waals surface area contributed by atoms with E-state index in [0.717, 1.165) is 5.69 Å². The van der Waals surface area contributed by atoms with Gasteiger partial charge >= 0.3 is 0 Å². The fraction of sp³-hybridized carbons (Fsp3) is 0.241. The Morgan fingerprint density at radius 3 is 2.00 bits per heavy atom. The third kappa shape index (κ3) is 4.77. The zero-order valence-electron chi connectivity index (χ0n) is 21.1. The van der Waals surface area contributed by atoms with Crippen LogP contribution in [0.1, 0.15) is 31.0 Å². The number of methoxy groups -OCH3 is 1. The molecule has 1 unspecified atom stereocenters. The summed E-state index contributed by atoms with van der Waals surface area (Å²) < 4.78 is 11.0. The van der Waals surface area contributed by atoms with Crippen LogP contribution >= 0.6 is 0 Å². The van der Waals surface area contributed by atoms with Gasteiger partial charge in [-0.3, -0.25) is 14.5 Å². The maximum absolute atomic E-state index is 13.3. The predicted octanol–water partition coefficient (Wildman–Crippen LogP) is 5.17. The molecule has 0 saturated carbocycles. The number of ketones is 1. The van der Waals surface area contributed by atoms with Crippen molar-refractivity contribution in [3.63, 3.8) is 0 Å². The summed E-state index contributed by atoms with van der Waals surface area (Å²) in [6.07, 6.45) is 0.00627. The number of hydrogen-bond donors (Lipinski definition) is 1. The zero-order chi connectivity index (χ0) is 26.0. The first kappa shape index (κ1) is 24.9. The molecule has 1 aliphatic rings. The minimum Gasteiger partial charge on any atom is -0.507 e. The topological polar surface area (TPSA) is 79.3 Å². The van der Waals surface area contributed by atoms with Crippen LogP contribution in [-0.4, -0.2) is 44.1 Å². The first-order chi connectivity index (χ1) is 17.2. The second-order valence-corrected chi connectivity index (χ2v) is 9.04. The molecular weight excluding hydrogens is 456 g/mol. The second-order valence-electron chi connectivity index (χ2n) is 9.04. The number of Topliss-reactive ketones (excluding diaryl/α,β-unsaturated/α-hetero) is 1. The fourth-order valence-electron chi connectivity index (χ4n) is 4.23. The van der Waals surface area contributed by atoms with Crippen LogP contribution in [0.2, 0.25) is 0 Å². The highest BCUT2D eigenvalue weighted by Crippen LogP contribution is 2.43. The van der Waals surface area contributed by atoms with E-state index in [0.29, 0.717) is 28.3 Å². The molecule has 3 aromatic carbocycles. The molecule has 1 heterocycles. The Morgan fingerprint density at radius 1 is 0.889 bits per heavy atom. The highest BCUT2D eigenvalue weighted by molar-refractivity contribution is 6.51. The maximum atomic E-state index is 13.3. The Labute approximate surface area is 211 Å².